The van der Waals surface area contributed by atoms with E-state index in [-0.39, 0.29) is 17.3 Å². The third-order valence-electron chi connectivity index (χ3n) is 4.82. The highest BCUT2D eigenvalue weighted by Gasteiger charge is 2.25. The molecule has 166 valence electrons. The number of carbonyl (C=O) groups excluding carboxylic acids is 2. The number of nitrogens with zero attached hydrogens (tertiary/aromatic N) is 1. The molecule has 0 aliphatic heterocycles. The lowest BCUT2D eigenvalue weighted by atomic mass is 9.99. The van der Waals surface area contributed by atoms with Crippen LogP contribution in [-0.2, 0) is 19.6 Å². The predicted octanol–water partition coefficient (Wildman–Crippen LogP) is 3.17. The number of rotatable bonds is 8. The van der Waals surface area contributed by atoms with E-state index in [2.05, 4.69) is 10.6 Å². The van der Waals surface area contributed by atoms with Gasteiger partial charge in [0.05, 0.1) is 17.5 Å². The Morgan fingerprint density at radius 2 is 1.34 bits per heavy atom. The first kappa shape index (κ1) is 23.2. The van der Waals surface area contributed by atoms with Crippen molar-refractivity contribution in [2.45, 2.75) is 17.9 Å². The number of hydrogen-bond acceptors (Lipinski definition) is 4. The molecule has 3 aromatic rings. The summed E-state index contributed by atoms with van der Waals surface area (Å²) in [7, 11) is -2.53. The average molecular weight is 452 g/mol. The summed E-state index contributed by atoms with van der Waals surface area (Å²) in [6, 6.07) is 24.4. The zero-order valence-electron chi connectivity index (χ0n) is 17.9. The van der Waals surface area contributed by atoms with Gasteiger partial charge in [-0.1, -0.05) is 60.7 Å². The number of benzene rings is 3. The molecule has 0 aliphatic rings. The Hall–Kier alpha value is -3.49. The Bertz CT molecular complexity index is 1130. The van der Waals surface area contributed by atoms with Gasteiger partial charge in [-0.2, -0.15) is 4.31 Å². The van der Waals surface area contributed by atoms with E-state index < -0.39 is 22.0 Å². The summed E-state index contributed by atoms with van der Waals surface area (Å²) in [5, 5.41) is 5.53. The molecule has 3 aromatic carbocycles. The van der Waals surface area contributed by atoms with E-state index in [1.165, 1.54) is 38.2 Å². The summed E-state index contributed by atoms with van der Waals surface area (Å²) in [4.78, 5) is 24.0. The quantitative estimate of drug-likeness (QED) is 0.550. The fourth-order valence-corrected chi connectivity index (χ4v) is 4.36. The Balaban J connectivity index is 1.74. The highest BCUT2D eigenvalue weighted by atomic mass is 32.2. The van der Waals surface area contributed by atoms with E-state index in [0.29, 0.717) is 5.69 Å². The average Bonchev–Trinajstić information content (AvgIpc) is 2.78. The van der Waals surface area contributed by atoms with Gasteiger partial charge in [-0.05, 0) is 35.4 Å². The van der Waals surface area contributed by atoms with Crippen molar-refractivity contribution in [1.29, 1.82) is 0 Å². The van der Waals surface area contributed by atoms with E-state index in [1.807, 2.05) is 60.7 Å². The van der Waals surface area contributed by atoms with Crippen molar-refractivity contribution in [3.05, 3.63) is 96.1 Å². The minimum absolute atomic E-state index is 0.0320. The molecule has 0 spiro atoms. The van der Waals surface area contributed by atoms with Crippen molar-refractivity contribution < 1.29 is 18.0 Å². The van der Waals surface area contributed by atoms with Crippen LogP contribution in [0.4, 0.5) is 5.69 Å². The molecule has 2 N–H and O–H groups in total. The smallest absolute Gasteiger partial charge is 0.243 e. The van der Waals surface area contributed by atoms with Gasteiger partial charge in [-0.3, -0.25) is 9.59 Å². The van der Waals surface area contributed by atoms with Crippen LogP contribution in [0.1, 0.15) is 24.1 Å². The van der Waals surface area contributed by atoms with Crippen LogP contribution in [0.3, 0.4) is 0 Å². The van der Waals surface area contributed by atoms with E-state index in [4.69, 9.17) is 0 Å². The summed E-state index contributed by atoms with van der Waals surface area (Å²) in [5.41, 5.74) is 2.28. The standard InChI is InChI=1S/C24H25N3O4S/c1-18(28)25-21-13-15-22(16-14-21)32(30,31)27(2)17-23(29)26-24(19-9-5-3-6-10-19)20-11-7-4-8-12-20/h3-16,24H,17H2,1-2H3,(H,25,28)(H,26,29). The molecule has 0 fully saturated rings. The largest absolute Gasteiger partial charge is 0.344 e. The number of likely N-dealkylation sites (N-methyl/N-ethyl adjacent to an activating group) is 1. The molecule has 0 radical (unpaired) electrons. The van der Waals surface area contributed by atoms with Crippen molar-refractivity contribution in [3.8, 4) is 0 Å². The molecule has 0 aliphatic carbocycles. The van der Waals surface area contributed by atoms with Gasteiger partial charge in [0.1, 0.15) is 0 Å². The van der Waals surface area contributed by atoms with Crippen molar-refractivity contribution >= 4 is 27.5 Å². The molecule has 8 heteroatoms. The summed E-state index contributed by atoms with van der Waals surface area (Å²) >= 11 is 0. The molecule has 2 amide bonds. The fourth-order valence-electron chi connectivity index (χ4n) is 3.24. The molecule has 7 nitrogen and oxygen atoms in total. The molecule has 0 atom stereocenters. The summed E-state index contributed by atoms with van der Waals surface area (Å²) in [5.74, 6) is -0.676. The van der Waals surface area contributed by atoms with Crippen LogP contribution in [0.15, 0.2) is 89.8 Å². The van der Waals surface area contributed by atoms with E-state index in [1.54, 1.807) is 0 Å². The predicted molar refractivity (Wildman–Crippen MR) is 123 cm³/mol. The molecule has 3 rings (SSSR count). The van der Waals surface area contributed by atoms with Crippen molar-refractivity contribution in [2.75, 3.05) is 18.9 Å². The van der Waals surface area contributed by atoms with Crippen LogP contribution in [0.2, 0.25) is 0 Å². The van der Waals surface area contributed by atoms with Crippen LogP contribution < -0.4 is 10.6 Å². The van der Waals surface area contributed by atoms with Gasteiger partial charge in [0.25, 0.3) is 0 Å². The van der Waals surface area contributed by atoms with Gasteiger partial charge in [0, 0.05) is 19.7 Å². The third-order valence-corrected chi connectivity index (χ3v) is 6.64. The van der Waals surface area contributed by atoms with Crippen molar-refractivity contribution in [1.82, 2.24) is 9.62 Å². The van der Waals surface area contributed by atoms with Gasteiger partial charge in [-0.15, -0.1) is 0 Å². The number of nitrogens with one attached hydrogen (secondary N) is 2. The monoisotopic (exact) mass is 451 g/mol. The lowest BCUT2D eigenvalue weighted by molar-refractivity contribution is -0.121. The zero-order valence-corrected chi connectivity index (χ0v) is 18.7. The maximum absolute atomic E-state index is 12.9. The normalized spacial score (nSPS) is 11.4. The van der Waals surface area contributed by atoms with Gasteiger partial charge < -0.3 is 10.6 Å². The Labute approximate surface area is 188 Å². The van der Waals surface area contributed by atoms with Crippen LogP contribution >= 0.6 is 0 Å². The maximum atomic E-state index is 12.9. The lowest BCUT2D eigenvalue weighted by Gasteiger charge is -2.22. The summed E-state index contributed by atoms with van der Waals surface area (Å²) in [6.45, 7) is 1.03. The maximum Gasteiger partial charge on any atom is 0.243 e. The Kier molecular flexibility index (Phi) is 7.40. The summed E-state index contributed by atoms with van der Waals surface area (Å²) < 4.78 is 26.8. The van der Waals surface area contributed by atoms with Gasteiger partial charge in [0.2, 0.25) is 21.8 Å². The second kappa shape index (κ2) is 10.2. The number of anilines is 1. The van der Waals surface area contributed by atoms with E-state index >= 15 is 0 Å². The Morgan fingerprint density at radius 1 is 0.844 bits per heavy atom. The highest BCUT2D eigenvalue weighted by molar-refractivity contribution is 7.89. The molecule has 0 unspecified atom stereocenters. The number of hydrogen-bond donors (Lipinski definition) is 2. The topological polar surface area (TPSA) is 95.6 Å². The van der Waals surface area contributed by atoms with Gasteiger partial charge >= 0.3 is 0 Å². The van der Waals surface area contributed by atoms with Crippen LogP contribution in [0, 0.1) is 0 Å². The first-order chi connectivity index (χ1) is 15.3. The molecule has 0 bridgehead atoms. The lowest BCUT2D eigenvalue weighted by Crippen LogP contribution is -2.40. The molecular formula is C24H25N3O4S. The number of carbonyl (C=O) groups is 2. The summed E-state index contributed by atoms with van der Waals surface area (Å²) in [6.07, 6.45) is 0. The van der Waals surface area contributed by atoms with Gasteiger partial charge in [0.15, 0.2) is 0 Å². The minimum atomic E-state index is -3.88. The van der Waals surface area contributed by atoms with Crippen LogP contribution in [-0.4, -0.2) is 38.1 Å². The van der Waals surface area contributed by atoms with Crippen LogP contribution in [0.25, 0.3) is 0 Å². The minimum Gasteiger partial charge on any atom is -0.344 e. The molecule has 0 saturated heterocycles. The molecule has 0 aromatic heterocycles. The second-order valence-electron chi connectivity index (χ2n) is 7.29. The SMILES string of the molecule is CC(=O)Nc1ccc(S(=O)(=O)N(C)CC(=O)NC(c2ccccc2)c2ccccc2)cc1. The molecule has 0 saturated carbocycles. The van der Waals surface area contributed by atoms with E-state index in [0.717, 1.165) is 15.4 Å². The molecular weight excluding hydrogens is 426 g/mol. The van der Waals surface area contributed by atoms with E-state index in [9.17, 15) is 18.0 Å². The first-order valence-electron chi connectivity index (χ1n) is 10.0. The fraction of sp³-hybridized carbons (Fsp3) is 0.167. The van der Waals surface area contributed by atoms with Crippen molar-refractivity contribution in [2.24, 2.45) is 0 Å². The molecule has 0 heterocycles. The first-order valence-corrected chi connectivity index (χ1v) is 11.4. The highest BCUT2D eigenvalue weighted by Crippen LogP contribution is 2.22. The van der Waals surface area contributed by atoms with Gasteiger partial charge in [-0.25, -0.2) is 8.42 Å². The number of amides is 2. The second-order valence-corrected chi connectivity index (χ2v) is 9.33. The zero-order chi connectivity index (χ0) is 23.1. The molecule has 32 heavy (non-hydrogen) atoms. The van der Waals surface area contributed by atoms with Crippen molar-refractivity contribution in [3.63, 3.8) is 0 Å². The number of sulfonamides is 1. The Morgan fingerprint density at radius 3 is 1.81 bits per heavy atom. The van der Waals surface area contributed by atoms with Crippen LogP contribution in [0.5, 0.6) is 0 Å². The third kappa shape index (κ3) is 5.81.